The molecule has 2 aliphatic rings. The number of hydrogen-bond donors (Lipinski definition) is 2. The van der Waals surface area contributed by atoms with Crippen LogP contribution in [0.2, 0.25) is 0 Å². The van der Waals surface area contributed by atoms with Crippen molar-refractivity contribution in [2.24, 2.45) is 0 Å². The molecule has 7 nitrogen and oxygen atoms in total. The Kier molecular flexibility index (Phi) is 7.42. The van der Waals surface area contributed by atoms with Gasteiger partial charge in [-0.3, -0.25) is 9.80 Å². The van der Waals surface area contributed by atoms with Crippen LogP contribution in [-0.2, 0) is 26.1 Å². The Balaban J connectivity index is 1.19. The molecule has 0 spiro atoms. The van der Waals surface area contributed by atoms with E-state index in [1.54, 1.807) is 0 Å². The SMILES string of the molecule is Cc1c(CN2CCC(Nc3ncnc4c3CCN(CC(F)(F)F)C4)CC2)ccc2c1cc(C)n2CCO. The van der Waals surface area contributed by atoms with Crippen molar-refractivity contribution in [2.45, 2.75) is 65.0 Å². The number of piperidine rings is 1. The van der Waals surface area contributed by atoms with Crippen molar-refractivity contribution >= 4 is 16.7 Å². The fourth-order valence-electron chi connectivity index (χ4n) is 5.81. The van der Waals surface area contributed by atoms with Gasteiger partial charge >= 0.3 is 6.18 Å². The van der Waals surface area contributed by atoms with Gasteiger partial charge in [0, 0.05) is 67.5 Å². The molecular weight excluding hydrogens is 481 g/mol. The average molecular weight is 517 g/mol. The van der Waals surface area contributed by atoms with E-state index >= 15 is 0 Å². The predicted octanol–water partition coefficient (Wildman–Crippen LogP) is 4.04. The van der Waals surface area contributed by atoms with E-state index in [0.717, 1.165) is 49.6 Å². The summed E-state index contributed by atoms with van der Waals surface area (Å²) in [7, 11) is 0. The zero-order valence-corrected chi connectivity index (χ0v) is 21.5. The molecule has 37 heavy (non-hydrogen) atoms. The van der Waals surface area contributed by atoms with Crippen molar-refractivity contribution < 1.29 is 18.3 Å². The maximum absolute atomic E-state index is 12.8. The normalized spacial score (nSPS) is 17.9. The molecule has 1 fully saturated rings. The van der Waals surface area contributed by atoms with Crippen molar-refractivity contribution in [2.75, 3.05) is 38.1 Å². The molecule has 4 heterocycles. The van der Waals surface area contributed by atoms with E-state index in [0.29, 0.717) is 25.2 Å². The van der Waals surface area contributed by atoms with Gasteiger partial charge in [-0.1, -0.05) is 6.07 Å². The van der Waals surface area contributed by atoms with Gasteiger partial charge in [-0.15, -0.1) is 0 Å². The fraction of sp³-hybridized carbons (Fsp3) is 0.556. The molecule has 2 aliphatic heterocycles. The quantitative estimate of drug-likeness (QED) is 0.494. The lowest BCUT2D eigenvalue weighted by molar-refractivity contribution is -0.147. The van der Waals surface area contributed by atoms with Gasteiger partial charge in [-0.2, -0.15) is 13.2 Å². The molecule has 0 amide bonds. The van der Waals surface area contributed by atoms with E-state index in [1.807, 2.05) is 0 Å². The number of fused-ring (bicyclic) bond motifs is 2. The maximum Gasteiger partial charge on any atom is 0.401 e. The molecule has 1 aromatic carbocycles. The highest BCUT2D eigenvalue weighted by Crippen LogP contribution is 2.29. The molecule has 10 heteroatoms. The van der Waals surface area contributed by atoms with Crippen LogP contribution in [0.3, 0.4) is 0 Å². The van der Waals surface area contributed by atoms with E-state index in [1.165, 1.54) is 33.3 Å². The third-order valence-corrected chi connectivity index (χ3v) is 7.81. The zero-order chi connectivity index (χ0) is 26.2. The standard InChI is InChI=1S/C27H35F3N6O/c1-18-13-23-19(2)20(3-4-25(23)36(18)11-12-37)14-34-8-5-21(6-9-34)33-26-22-7-10-35(16-27(28,29)30)15-24(22)31-17-32-26/h3-4,13,17,21,37H,5-12,14-16H2,1-2H3,(H,31,32,33). The Hall–Kier alpha value is -2.69. The summed E-state index contributed by atoms with van der Waals surface area (Å²) >= 11 is 0. The van der Waals surface area contributed by atoms with E-state index in [2.05, 4.69) is 56.8 Å². The van der Waals surface area contributed by atoms with Crippen LogP contribution in [0.25, 0.3) is 10.9 Å². The summed E-state index contributed by atoms with van der Waals surface area (Å²) < 4.78 is 40.6. The van der Waals surface area contributed by atoms with Gasteiger partial charge in [0.05, 0.1) is 18.8 Å². The van der Waals surface area contributed by atoms with Crippen molar-refractivity contribution in [3.63, 3.8) is 0 Å². The first-order valence-electron chi connectivity index (χ1n) is 13.0. The average Bonchev–Trinajstić information content (AvgIpc) is 3.17. The second kappa shape index (κ2) is 10.6. The molecule has 0 radical (unpaired) electrons. The summed E-state index contributed by atoms with van der Waals surface area (Å²) in [6.45, 7) is 7.49. The first-order chi connectivity index (χ1) is 17.7. The van der Waals surface area contributed by atoms with Crippen molar-refractivity contribution in [3.8, 4) is 0 Å². The van der Waals surface area contributed by atoms with Gasteiger partial charge in [0.1, 0.15) is 12.1 Å². The number of anilines is 1. The van der Waals surface area contributed by atoms with Gasteiger partial charge in [0.2, 0.25) is 0 Å². The number of aryl methyl sites for hydroxylation is 2. The molecular formula is C27H35F3N6O. The van der Waals surface area contributed by atoms with E-state index in [-0.39, 0.29) is 19.2 Å². The third kappa shape index (κ3) is 5.76. The van der Waals surface area contributed by atoms with Crippen molar-refractivity contribution in [1.82, 2.24) is 24.3 Å². The molecule has 0 unspecified atom stereocenters. The molecule has 5 rings (SSSR count). The van der Waals surface area contributed by atoms with Crippen LogP contribution in [0.1, 0.15) is 40.9 Å². The molecule has 0 aliphatic carbocycles. The number of aromatic nitrogens is 3. The van der Waals surface area contributed by atoms with Crippen LogP contribution >= 0.6 is 0 Å². The molecule has 3 aromatic rings. The summed E-state index contributed by atoms with van der Waals surface area (Å²) in [6, 6.07) is 6.88. The van der Waals surface area contributed by atoms with Gasteiger partial charge < -0.3 is 15.0 Å². The zero-order valence-electron chi connectivity index (χ0n) is 21.5. The van der Waals surface area contributed by atoms with Crippen molar-refractivity contribution in [3.05, 3.63) is 52.6 Å². The van der Waals surface area contributed by atoms with Gasteiger partial charge in [0.25, 0.3) is 0 Å². The predicted molar refractivity (Wildman–Crippen MR) is 137 cm³/mol. The lowest BCUT2D eigenvalue weighted by Gasteiger charge is -2.34. The summed E-state index contributed by atoms with van der Waals surface area (Å²) in [6.07, 6.45) is -0.261. The molecule has 2 N–H and O–H groups in total. The highest BCUT2D eigenvalue weighted by Gasteiger charge is 2.33. The molecule has 2 aromatic heterocycles. The Morgan fingerprint density at radius 2 is 1.86 bits per heavy atom. The number of nitrogens with zero attached hydrogens (tertiary/aromatic N) is 5. The lowest BCUT2D eigenvalue weighted by atomic mass is 10.00. The first kappa shape index (κ1) is 25.9. The number of benzene rings is 1. The van der Waals surface area contributed by atoms with Crippen LogP contribution in [0.15, 0.2) is 24.5 Å². The number of hydrogen-bond acceptors (Lipinski definition) is 6. The first-order valence-corrected chi connectivity index (χ1v) is 13.0. The minimum atomic E-state index is -4.20. The Morgan fingerprint density at radius 3 is 2.59 bits per heavy atom. The fourth-order valence-corrected chi connectivity index (χ4v) is 5.81. The summed E-state index contributed by atoms with van der Waals surface area (Å²) in [5.41, 5.74) is 6.61. The number of likely N-dealkylation sites (tertiary alicyclic amines) is 1. The highest BCUT2D eigenvalue weighted by atomic mass is 19.4. The van der Waals surface area contributed by atoms with Crippen molar-refractivity contribution in [1.29, 1.82) is 0 Å². The van der Waals surface area contributed by atoms with E-state index in [9.17, 15) is 18.3 Å². The second-order valence-electron chi connectivity index (χ2n) is 10.4. The Morgan fingerprint density at radius 1 is 1.08 bits per heavy atom. The highest BCUT2D eigenvalue weighted by molar-refractivity contribution is 5.85. The summed E-state index contributed by atoms with van der Waals surface area (Å²) in [5.74, 6) is 0.777. The monoisotopic (exact) mass is 516 g/mol. The topological polar surface area (TPSA) is 69.5 Å². The van der Waals surface area contributed by atoms with Crippen LogP contribution in [-0.4, -0.2) is 74.4 Å². The number of alkyl halides is 3. The molecule has 1 saturated heterocycles. The van der Waals surface area contributed by atoms with Crippen LogP contribution in [0.4, 0.5) is 19.0 Å². The second-order valence-corrected chi connectivity index (χ2v) is 10.4. The number of aliphatic hydroxyl groups excluding tert-OH is 1. The third-order valence-electron chi connectivity index (χ3n) is 7.81. The number of rotatable bonds is 7. The van der Waals surface area contributed by atoms with Gasteiger partial charge in [-0.25, -0.2) is 9.97 Å². The minimum Gasteiger partial charge on any atom is -0.395 e. The number of aliphatic hydroxyl groups is 1. The maximum atomic E-state index is 12.8. The molecule has 0 saturated carbocycles. The summed E-state index contributed by atoms with van der Waals surface area (Å²) in [4.78, 5) is 12.6. The van der Waals surface area contributed by atoms with Crippen LogP contribution < -0.4 is 5.32 Å². The molecule has 0 bridgehead atoms. The Labute approximate surface area is 215 Å². The number of nitrogens with one attached hydrogen (secondary N) is 1. The van der Waals surface area contributed by atoms with Crippen LogP contribution in [0.5, 0.6) is 0 Å². The molecule has 200 valence electrons. The largest absolute Gasteiger partial charge is 0.401 e. The number of halogens is 3. The van der Waals surface area contributed by atoms with E-state index in [4.69, 9.17) is 0 Å². The van der Waals surface area contributed by atoms with E-state index < -0.39 is 12.7 Å². The van der Waals surface area contributed by atoms with Gasteiger partial charge in [0.15, 0.2) is 0 Å². The minimum absolute atomic E-state index is 0.128. The summed E-state index contributed by atoms with van der Waals surface area (Å²) in [5, 5.41) is 14.2. The Bertz CT molecular complexity index is 1250. The smallest absolute Gasteiger partial charge is 0.395 e. The van der Waals surface area contributed by atoms with Crippen LogP contribution in [0, 0.1) is 13.8 Å². The molecule has 0 atom stereocenters. The lowest BCUT2D eigenvalue weighted by Crippen LogP contribution is -2.40. The van der Waals surface area contributed by atoms with Gasteiger partial charge in [-0.05, 0) is 56.4 Å².